The van der Waals surface area contributed by atoms with Crippen molar-refractivity contribution in [2.45, 2.75) is 52.0 Å². The first-order valence-corrected chi connectivity index (χ1v) is 8.13. The van der Waals surface area contributed by atoms with E-state index in [4.69, 9.17) is 5.11 Å². The van der Waals surface area contributed by atoms with E-state index in [-0.39, 0.29) is 6.42 Å². The second-order valence-electron chi connectivity index (χ2n) is 6.43. The van der Waals surface area contributed by atoms with Crippen LogP contribution in [0.3, 0.4) is 0 Å². The summed E-state index contributed by atoms with van der Waals surface area (Å²) in [5.41, 5.74) is 1.16. The summed E-state index contributed by atoms with van der Waals surface area (Å²) in [4.78, 5) is 13.4. The van der Waals surface area contributed by atoms with E-state index < -0.39 is 5.97 Å². The van der Waals surface area contributed by atoms with Crippen molar-refractivity contribution in [1.82, 2.24) is 0 Å². The summed E-state index contributed by atoms with van der Waals surface area (Å²) in [7, 11) is 0. The number of benzene rings is 1. The van der Waals surface area contributed by atoms with Gasteiger partial charge in [0.05, 0.1) is 6.42 Å². The molecule has 1 saturated carbocycles. The Kier molecular flexibility index (Phi) is 5.66. The fourth-order valence-electron chi connectivity index (χ4n) is 3.63. The lowest BCUT2D eigenvalue weighted by Crippen LogP contribution is -2.45. The third-order valence-corrected chi connectivity index (χ3v) is 4.69. The van der Waals surface area contributed by atoms with E-state index in [1.807, 2.05) is 18.2 Å². The lowest BCUT2D eigenvalue weighted by molar-refractivity contribution is -0.136. The largest absolute Gasteiger partial charge is 0.481 e. The van der Waals surface area contributed by atoms with E-state index in [2.05, 4.69) is 30.9 Å². The second-order valence-corrected chi connectivity index (χ2v) is 6.43. The Morgan fingerprint density at radius 1 is 1.24 bits per heavy atom. The Morgan fingerprint density at radius 3 is 2.52 bits per heavy atom. The Hall–Kier alpha value is -1.51. The van der Waals surface area contributed by atoms with Crippen molar-refractivity contribution in [1.29, 1.82) is 0 Å². The van der Waals surface area contributed by atoms with Crippen LogP contribution < -0.4 is 4.90 Å². The van der Waals surface area contributed by atoms with Gasteiger partial charge in [-0.15, -0.1) is 0 Å². The van der Waals surface area contributed by atoms with Gasteiger partial charge < -0.3 is 10.0 Å². The third kappa shape index (κ3) is 4.23. The molecule has 1 aromatic carbocycles. The first kappa shape index (κ1) is 15.9. The molecule has 3 heteroatoms. The van der Waals surface area contributed by atoms with Gasteiger partial charge in [-0.2, -0.15) is 0 Å². The SMILES string of the molecule is CC(C)C1CCCCC1N(CCC(=O)O)c1ccccc1. The van der Waals surface area contributed by atoms with Crippen molar-refractivity contribution in [3.05, 3.63) is 30.3 Å². The summed E-state index contributed by atoms with van der Waals surface area (Å²) in [5.74, 6) is 0.590. The number of carboxylic acid groups (broad SMARTS) is 1. The number of nitrogens with zero attached hydrogens (tertiary/aromatic N) is 1. The molecule has 0 heterocycles. The molecule has 116 valence electrons. The van der Waals surface area contributed by atoms with Crippen LogP contribution in [0, 0.1) is 11.8 Å². The van der Waals surface area contributed by atoms with Crippen LogP contribution in [-0.2, 0) is 4.79 Å². The molecule has 2 atom stereocenters. The number of carbonyl (C=O) groups is 1. The molecule has 0 bridgehead atoms. The molecule has 0 aliphatic heterocycles. The minimum Gasteiger partial charge on any atom is -0.481 e. The van der Waals surface area contributed by atoms with Crippen LogP contribution in [0.15, 0.2) is 30.3 Å². The zero-order chi connectivity index (χ0) is 15.2. The number of hydrogen-bond acceptors (Lipinski definition) is 2. The van der Waals surface area contributed by atoms with Gasteiger partial charge in [0.1, 0.15) is 0 Å². The van der Waals surface area contributed by atoms with Crippen molar-refractivity contribution in [2.75, 3.05) is 11.4 Å². The van der Waals surface area contributed by atoms with Gasteiger partial charge in [-0.05, 0) is 36.8 Å². The highest BCUT2D eigenvalue weighted by molar-refractivity contribution is 5.67. The van der Waals surface area contributed by atoms with E-state index >= 15 is 0 Å². The normalized spacial score (nSPS) is 22.2. The molecule has 1 aliphatic carbocycles. The topological polar surface area (TPSA) is 40.5 Å². The summed E-state index contributed by atoms with van der Waals surface area (Å²) in [6.45, 7) is 5.19. The van der Waals surface area contributed by atoms with Crippen LogP contribution in [-0.4, -0.2) is 23.7 Å². The van der Waals surface area contributed by atoms with Gasteiger partial charge in [0.15, 0.2) is 0 Å². The van der Waals surface area contributed by atoms with Crippen LogP contribution in [0.2, 0.25) is 0 Å². The monoisotopic (exact) mass is 289 g/mol. The number of rotatable bonds is 6. The highest BCUT2D eigenvalue weighted by Crippen LogP contribution is 2.35. The zero-order valence-corrected chi connectivity index (χ0v) is 13.2. The van der Waals surface area contributed by atoms with E-state index in [1.165, 1.54) is 25.7 Å². The second kappa shape index (κ2) is 7.48. The van der Waals surface area contributed by atoms with Gasteiger partial charge in [-0.3, -0.25) is 4.79 Å². The number of carboxylic acids is 1. The molecule has 1 N–H and O–H groups in total. The lowest BCUT2D eigenvalue weighted by atomic mass is 9.77. The molecule has 0 radical (unpaired) electrons. The van der Waals surface area contributed by atoms with Crippen LogP contribution in [0.5, 0.6) is 0 Å². The predicted molar refractivity (Wildman–Crippen MR) is 86.6 cm³/mol. The molecular formula is C18H27NO2. The molecule has 2 unspecified atom stereocenters. The molecular weight excluding hydrogens is 262 g/mol. The number of anilines is 1. The minimum atomic E-state index is -0.715. The quantitative estimate of drug-likeness (QED) is 0.854. The van der Waals surface area contributed by atoms with Crippen molar-refractivity contribution >= 4 is 11.7 Å². The van der Waals surface area contributed by atoms with Gasteiger partial charge in [0.2, 0.25) is 0 Å². The maximum absolute atomic E-state index is 11.0. The van der Waals surface area contributed by atoms with E-state index in [0.717, 1.165) is 5.69 Å². The Bertz CT molecular complexity index is 444. The lowest BCUT2D eigenvalue weighted by Gasteiger charge is -2.43. The molecule has 0 saturated heterocycles. The van der Waals surface area contributed by atoms with Crippen molar-refractivity contribution < 1.29 is 9.90 Å². The van der Waals surface area contributed by atoms with E-state index in [0.29, 0.717) is 24.4 Å². The number of hydrogen-bond donors (Lipinski definition) is 1. The van der Waals surface area contributed by atoms with Gasteiger partial charge in [0, 0.05) is 18.3 Å². The summed E-state index contributed by atoms with van der Waals surface area (Å²) in [6.07, 6.45) is 5.21. The maximum atomic E-state index is 11.0. The zero-order valence-electron chi connectivity index (χ0n) is 13.2. The molecule has 1 aliphatic rings. The fraction of sp³-hybridized carbons (Fsp3) is 0.611. The summed E-state index contributed by atoms with van der Waals surface area (Å²) in [5, 5.41) is 9.06. The molecule has 3 nitrogen and oxygen atoms in total. The predicted octanol–water partition coefficient (Wildman–Crippen LogP) is 4.18. The first-order chi connectivity index (χ1) is 10.1. The Labute approximate surface area is 128 Å². The van der Waals surface area contributed by atoms with Crippen LogP contribution in [0.4, 0.5) is 5.69 Å². The van der Waals surface area contributed by atoms with Gasteiger partial charge in [-0.25, -0.2) is 0 Å². The van der Waals surface area contributed by atoms with E-state index in [9.17, 15) is 4.79 Å². The smallest absolute Gasteiger partial charge is 0.305 e. The standard InChI is InChI=1S/C18H27NO2/c1-14(2)16-10-6-7-11-17(16)19(13-12-18(20)21)15-8-4-3-5-9-15/h3-5,8-9,14,16-17H,6-7,10-13H2,1-2H3,(H,20,21). The first-order valence-electron chi connectivity index (χ1n) is 8.13. The van der Waals surface area contributed by atoms with Crippen LogP contribution in [0.1, 0.15) is 46.0 Å². The number of para-hydroxylation sites is 1. The average Bonchev–Trinajstić information content (AvgIpc) is 2.48. The molecule has 1 fully saturated rings. The van der Waals surface area contributed by atoms with E-state index in [1.54, 1.807) is 0 Å². The third-order valence-electron chi connectivity index (χ3n) is 4.69. The van der Waals surface area contributed by atoms with Crippen LogP contribution in [0.25, 0.3) is 0 Å². The summed E-state index contributed by atoms with van der Waals surface area (Å²) >= 11 is 0. The van der Waals surface area contributed by atoms with Crippen molar-refractivity contribution in [3.63, 3.8) is 0 Å². The summed E-state index contributed by atoms with van der Waals surface area (Å²) in [6, 6.07) is 10.8. The maximum Gasteiger partial charge on any atom is 0.305 e. The van der Waals surface area contributed by atoms with Crippen molar-refractivity contribution in [3.8, 4) is 0 Å². The Morgan fingerprint density at radius 2 is 1.90 bits per heavy atom. The van der Waals surface area contributed by atoms with Crippen LogP contribution >= 0.6 is 0 Å². The summed E-state index contributed by atoms with van der Waals surface area (Å²) < 4.78 is 0. The molecule has 21 heavy (non-hydrogen) atoms. The van der Waals surface area contributed by atoms with Gasteiger partial charge in [0.25, 0.3) is 0 Å². The highest BCUT2D eigenvalue weighted by Gasteiger charge is 2.32. The van der Waals surface area contributed by atoms with Crippen molar-refractivity contribution in [2.24, 2.45) is 11.8 Å². The fourth-order valence-corrected chi connectivity index (χ4v) is 3.63. The van der Waals surface area contributed by atoms with Gasteiger partial charge in [-0.1, -0.05) is 44.9 Å². The van der Waals surface area contributed by atoms with Gasteiger partial charge >= 0.3 is 5.97 Å². The molecule has 0 aromatic heterocycles. The highest BCUT2D eigenvalue weighted by atomic mass is 16.4. The number of aliphatic carboxylic acids is 1. The Balaban J connectivity index is 2.22. The molecule has 0 spiro atoms. The minimum absolute atomic E-state index is 0.205. The average molecular weight is 289 g/mol. The molecule has 1 aromatic rings. The molecule has 2 rings (SSSR count). The molecule has 0 amide bonds.